The summed E-state index contributed by atoms with van der Waals surface area (Å²) in [6.07, 6.45) is 0.225. The third-order valence-electron chi connectivity index (χ3n) is 3.46. The van der Waals surface area contributed by atoms with Crippen molar-refractivity contribution in [1.29, 1.82) is 0 Å². The van der Waals surface area contributed by atoms with Gasteiger partial charge >= 0.3 is 0 Å². The predicted molar refractivity (Wildman–Crippen MR) is 71.7 cm³/mol. The molecule has 1 saturated heterocycles. The summed E-state index contributed by atoms with van der Waals surface area (Å²) in [7, 11) is 0. The third-order valence-corrected chi connectivity index (χ3v) is 3.46. The smallest absolute Gasteiger partial charge is 0.167 e. The number of carbonyl (C=O) groups is 1. The first-order valence-corrected chi connectivity index (χ1v) is 6.61. The molecule has 0 amide bonds. The lowest BCUT2D eigenvalue weighted by molar-refractivity contribution is -0.135. The maximum absolute atomic E-state index is 12.2. The summed E-state index contributed by atoms with van der Waals surface area (Å²) in [6, 6.07) is 8.13. The van der Waals surface area contributed by atoms with E-state index in [1.165, 1.54) is 5.56 Å². The van der Waals surface area contributed by atoms with Crippen LogP contribution in [0.15, 0.2) is 24.3 Å². The summed E-state index contributed by atoms with van der Waals surface area (Å²) in [5, 5.41) is 0. The van der Waals surface area contributed by atoms with E-state index in [0.717, 1.165) is 25.2 Å². The molecule has 1 heterocycles. The number of ketones is 1. The van der Waals surface area contributed by atoms with Gasteiger partial charge in [0, 0.05) is 19.5 Å². The second kappa shape index (κ2) is 6.12. The molecule has 0 aromatic heterocycles. The maximum atomic E-state index is 12.2. The fraction of sp³-hybridized carbons (Fsp3) is 0.533. The first kappa shape index (κ1) is 13.2. The van der Waals surface area contributed by atoms with Crippen molar-refractivity contribution < 1.29 is 9.53 Å². The van der Waals surface area contributed by atoms with Gasteiger partial charge in [-0.2, -0.15) is 0 Å². The quantitative estimate of drug-likeness (QED) is 0.813. The first-order valence-electron chi connectivity index (χ1n) is 6.61. The topological polar surface area (TPSA) is 29.5 Å². The summed E-state index contributed by atoms with van der Waals surface area (Å²) in [5.41, 5.74) is 2.29. The van der Waals surface area contributed by atoms with Crippen LogP contribution in [0.25, 0.3) is 0 Å². The minimum absolute atomic E-state index is 0.192. The molecule has 0 radical (unpaired) electrons. The SMILES string of the molecule is CCN1CCOC(C(=O)Cc2ccc(C)cc2)C1. The van der Waals surface area contributed by atoms with Crippen LogP contribution in [0.1, 0.15) is 18.1 Å². The number of carbonyl (C=O) groups excluding carboxylic acids is 1. The highest BCUT2D eigenvalue weighted by Gasteiger charge is 2.25. The minimum Gasteiger partial charge on any atom is -0.368 e. The second-order valence-corrected chi connectivity index (χ2v) is 4.88. The highest BCUT2D eigenvalue weighted by molar-refractivity contribution is 5.85. The van der Waals surface area contributed by atoms with Gasteiger partial charge < -0.3 is 4.74 Å². The Balaban J connectivity index is 1.93. The fourth-order valence-electron chi connectivity index (χ4n) is 2.21. The van der Waals surface area contributed by atoms with Gasteiger partial charge in [-0.3, -0.25) is 9.69 Å². The molecule has 1 aromatic rings. The van der Waals surface area contributed by atoms with Gasteiger partial charge in [0.1, 0.15) is 6.10 Å². The van der Waals surface area contributed by atoms with E-state index >= 15 is 0 Å². The van der Waals surface area contributed by atoms with E-state index in [-0.39, 0.29) is 11.9 Å². The molecule has 1 atom stereocenters. The Morgan fingerprint density at radius 1 is 1.39 bits per heavy atom. The van der Waals surface area contributed by atoms with E-state index in [4.69, 9.17) is 4.74 Å². The summed E-state index contributed by atoms with van der Waals surface area (Å²) in [5.74, 6) is 0.192. The molecule has 1 aliphatic rings. The van der Waals surface area contributed by atoms with Crippen molar-refractivity contribution in [3.63, 3.8) is 0 Å². The zero-order valence-corrected chi connectivity index (χ0v) is 11.2. The number of morpholine rings is 1. The van der Waals surface area contributed by atoms with Gasteiger partial charge in [-0.15, -0.1) is 0 Å². The highest BCUT2D eigenvalue weighted by Crippen LogP contribution is 2.10. The van der Waals surface area contributed by atoms with Gasteiger partial charge in [-0.1, -0.05) is 36.8 Å². The molecule has 3 nitrogen and oxygen atoms in total. The maximum Gasteiger partial charge on any atom is 0.167 e. The van der Waals surface area contributed by atoms with Crippen molar-refractivity contribution in [2.24, 2.45) is 0 Å². The van der Waals surface area contributed by atoms with Crippen LogP contribution in [-0.4, -0.2) is 43.0 Å². The molecule has 0 spiro atoms. The predicted octanol–water partition coefficient (Wildman–Crippen LogP) is 1.83. The lowest BCUT2D eigenvalue weighted by Gasteiger charge is -2.31. The zero-order valence-electron chi connectivity index (χ0n) is 11.2. The van der Waals surface area contributed by atoms with Crippen molar-refractivity contribution in [3.8, 4) is 0 Å². The minimum atomic E-state index is -0.250. The van der Waals surface area contributed by atoms with Gasteiger partial charge in [0.2, 0.25) is 0 Å². The van der Waals surface area contributed by atoms with E-state index in [2.05, 4.69) is 18.7 Å². The van der Waals surface area contributed by atoms with E-state index < -0.39 is 0 Å². The average molecular weight is 247 g/mol. The molecule has 18 heavy (non-hydrogen) atoms. The van der Waals surface area contributed by atoms with E-state index in [1.54, 1.807) is 0 Å². The molecule has 1 aliphatic heterocycles. The molecule has 0 N–H and O–H groups in total. The lowest BCUT2D eigenvalue weighted by atomic mass is 10.0. The number of Topliss-reactive ketones (excluding diaryl/α,β-unsaturated/α-hetero) is 1. The molecule has 98 valence electrons. The number of hydrogen-bond acceptors (Lipinski definition) is 3. The Labute approximate surface area is 109 Å². The van der Waals surface area contributed by atoms with Crippen LogP contribution in [0.2, 0.25) is 0 Å². The summed E-state index contributed by atoms with van der Waals surface area (Å²) in [4.78, 5) is 14.4. The van der Waals surface area contributed by atoms with Crippen LogP contribution in [0, 0.1) is 6.92 Å². The number of hydrogen-bond donors (Lipinski definition) is 0. The number of ether oxygens (including phenoxy) is 1. The highest BCUT2D eigenvalue weighted by atomic mass is 16.5. The van der Waals surface area contributed by atoms with Crippen LogP contribution in [0.5, 0.6) is 0 Å². The van der Waals surface area contributed by atoms with Gasteiger partial charge in [0.25, 0.3) is 0 Å². The summed E-state index contributed by atoms with van der Waals surface area (Å²) in [6.45, 7) is 7.49. The van der Waals surface area contributed by atoms with Gasteiger partial charge in [-0.05, 0) is 19.0 Å². The van der Waals surface area contributed by atoms with Crippen LogP contribution >= 0.6 is 0 Å². The normalized spacial score (nSPS) is 20.9. The van der Waals surface area contributed by atoms with Gasteiger partial charge in [0.05, 0.1) is 6.61 Å². The fourth-order valence-corrected chi connectivity index (χ4v) is 2.21. The number of benzene rings is 1. The number of nitrogens with zero attached hydrogens (tertiary/aromatic N) is 1. The van der Waals surface area contributed by atoms with Crippen LogP contribution in [0.3, 0.4) is 0 Å². The van der Waals surface area contributed by atoms with Crippen molar-refractivity contribution in [3.05, 3.63) is 35.4 Å². The van der Waals surface area contributed by atoms with Gasteiger partial charge in [-0.25, -0.2) is 0 Å². The number of likely N-dealkylation sites (N-methyl/N-ethyl adjacent to an activating group) is 1. The molecule has 1 unspecified atom stereocenters. The third kappa shape index (κ3) is 3.40. The Morgan fingerprint density at radius 2 is 2.11 bits per heavy atom. The van der Waals surface area contributed by atoms with Crippen molar-refractivity contribution in [2.75, 3.05) is 26.2 Å². The van der Waals surface area contributed by atoms with Crippen molar-refractivity contribution >= 4 is 5.78 Å². The van der Waals surface area contributed by atoms with Crippen molar-refractivity contribution in [1.82, 2.24) is 4.90 Å². The van der Waals surface area contributed by atoms with Crippen molar-refractivity contribution in [2.45, 2.75) is 26.4 Å². The number of rotatable bonds is 4. The molecule has 2 rings (SSSR count). The molecule has 1 aromatic carbocycles. The van der Waals surface area contributed by atoms with Crippen LogP contribution in [0.4, 0.5) is 0 Å². The van der Waals surface area contributed by atoms with E-state index in [0.29, 0.717) is 13.0 Å². The second-order valence-electron chi connectivity index (χ2n) is 4.88. The molecule has 1 fully saturated rings. The van der Waals surface area contributed by atoms with Crippen LogP contribution < -0.4 is 0 Å². The lowest BCUT2D eigenvalue weighted by Crippen LogP contribution is -2.46. The summed E-state index contributed by atoms with van der Waals surface area (Å²) < 4.78 is 5.58. The standard InChI is InChI=1S/C15H21NO2/c1-3-16-8-9-18-15(11-16)14(17)10-13-6-4-12(2)5-7-13/h4-7,15H,3,8-11H2,1-2H3. The Kier molecular flexibility index (Phi) is 4.50. The van der Waals surface area contributed by atoms with Crippen LogP contribution in [-0.2, 0) is 16.0 Å². The molecule has 0 saturated carbocycles. The van der Waals surface area contributed by atoms with E-state index in [1.807, 2.05) is 24.3 Å². The Bertz CT molecular complexity index is 399. The molecular formula is C15H21NO2. The Hall–Kier alpha value is -1.19. The first-order chi connectivity index (χ1) is 8.69. The van der Waals surface area contributed by atoms with E-state index in [9.17, 15) is 4.79 Å². The number of aryl methyl sites for hydroxylation is 1. The largest absolute Gasteiger partial charge is 0.368 e. The Morgan fingerprint density at radius 3 is 2.78 bits per heavy atom. The van der Waals surface area contributed by atoms with Gasteiger partial charge in [0.15, 0.2) is 5.78 Å². The molecule has 3 heteroatoms. The molecule has 0 bridgehead atoms. The zero-order chi connectivity index (χ0) is 13.0. The monoisotopic (exact) mass is 247 g/mol. The average Bonchev–Trinajstić information content (AvgIpc) is 2.41. The molecule has 0 aliphatic carbocycles. The molecular weight excluding hydrogens is 226 g/mol. The summed E-state index contributed by atoms with van der Waals surface area (Å²) >= 11 is 0.